The highest BCUT2D eigenvalue weighted by atomic mass is 16.3. The van der Waals surface area contributed by atoms with Gasteiger partial charge < -0.3 is 10.2 Å². The van der Waals surface area contributed by atoms with Crippen molar-refractivity contribution >= 4 is 0 Å². The van der Waals surface area contributed by atoms with Crippen LogP contribution in [0, 0.1) is 40.4 Å². The molecule has 4 aliphatic carbocycles. The zero-order valence-electron chi connectivity index (χ0n) is 15.5. The molecule has 9 atom stereocenters. The SMILES string of the molecule is C[C@@H]1C[C@H]2C[C@H](O)CC[C@]2(C)[C@H]2CC[C@@]3(C)[C@@H](CC[C@]3(C)O)[C@H]12. The Morgan fingerprint density at radius 2 is 1.57 bits per heavy atom. The number of aliphatic hydroxyl groups is 2. The van der Waals surface area contributed by atoms with E-state index >= 15 is 0 Å². The molecule has 0 aromatic heterocycles. The molecular weight excluding hydrogens is 284 g/mol. The zero-order valence-corrected chi connectivity index (χ0v) is 15.5. The second kappa shape index (κ2) is 4.97. The van der Waals surface area contributed by atoms with Gasteiger partial charge in [0.15, 0.2) is 0 Å². The lowest BCUT2D eigenvalue weighted by atomic mass is 9.42. The highest BCUT2D eigenvalue weighted by molar-refractivity contribution is 5.13. The van der Waals surface area contributed by atoms with Gasteiger partial charge in [-0.25, -0.2) is 0 Å². The van der Waals surface area contributed by atoms with E-state index in [2.05, 4.69) is 27.7 Å². The molecule has 4 fully saturated rings. The van der Waals surface area contributed by atoms with E-state index in [1.165, 1.54) is 32.1 Å². The topological polar surface area (TPSA) is 40.5 Å². The first-order valence-electron chi connectivity index (χ1n) is 10.1. The smallest absolute Gasteiger partial charge is 0.0675 e. The average molecular weight is 321 g/mol. The number of fused-ring (bicyclic) bond motifs is 5. The largest absolute Gasteiger partial charge is 0.393 e. The second-order valence-electron chi connectivity index (χ2n) is 10.4. The van der Waals surface area contributed by atoms with Gasteiger partial charge in [0.2, 0.25) is 0 Å². The van der Waals surface area contributed by atoms with Crippen molar-refractivity contribution in [2.75, 3.05) is 0 Å². The van der Waals surface area contributed by atoms with E-state index in [0.717, 1.165) is 37.0 Å². The Labute approximate surface area is 142 Å². The maximum Gasteiger partial charge on any atom is 0.0675 e. The molecule has 0 saturated heterocycles. The van der Waals surface area contributed by atoms with Gasteiger partial charge >= 0.3 is 0 Å². The fourth-order valence-corrected chi connectivity index (χ4v) is 7.86. The molecule has 23 heavy (non-hydrogen) atoms. The van der Waals surface area contributed by atoms with Crippen LogP contribution in [0.3, 0.4) is 0 Å². The van der Waals surface area contributed by atoms with Crippen LogP contribution in [0.5, 0.6) is 0 Å². The molecule has 2 N–H and O–H groups in total. The zero-order chi connectivity index (χ0) is 16.6. The Balaban J connectivity index is 1.68. The summed E-state index contributed by atoms with van der Waals surface area (Å²) in [7, 11) is 0. The van der Waals surface area contributed by atoms with Crippen molar-refractivity contribution < 1.29 is 10.2 Å². The molecule has 0 aromatic rings. The van der Waals surface area contributed by atoms with Crippen LogP contribution in [0.2, 0.25) is 0 Å². The molecule has 4 saturated carbocycles. The minimum Gasteiger partial charge on any atom is -0.393 e. The van der Waals surface area contributed by atoms with Crippen molar-refractivity contribution in [3.63, 3.8) is 0 Å². The lowest BCUT2D eigenvalue weighted by Crippen LogP contribution is -2.58. The van der Waals surface area contributed by atoms with Gasteiger partial charge in [-0.2, -0.15) is 0 Å². The number of hydrogen-bond donors (Lipinski definition) is 2. The van der Waals surface area contributed by atoms with E-state index in [9.17, 15) is 10.2 Å². The monoisotopic (exact) mass is 320 g/mol. The Morgan fingerprint density at radius 3 is 2.30 bits per heavy atom. The van der Waals surface area contributed by atoms with Gasteiger partial charge in [0, 0.05) is 0 Å². The molecule has 0 heterocycles. The van der Waals surface area contributed by atoms with E-state index in [0.29, 0.717) is 17.3 Å². The van der Waals surface area contributed by atoms with Gasteiger partial charge in [-0.1, -0.05) is 20.8 Å². The summed E-state index contributed by atoms with van der Waals surface area (Å²) in [5.41, 5.74) is 0.0921. The fraction of sp³-hybridized carbons (Fsp3) is 1.00. The molecule has 0 radical (unpaired) electrons. The summed E-state index contributed by atoms with van der Waals surface area (Å²) in [6.07, 6.45) is 9.19. The molecule has 0 aromatic carbocycles. The highest BCUT2D eigenvalue weighted by Gasteiger charge is 2.64. The third-order valence-electron chi connectivity index (χ3n) is 9.56. The summed E-state index contributed by atoms with van der Waals surface area (Å²) in [5, 5.41) is 21.2. The van der Waals surface area contributed by atoms with Crippen LogP contribution in [-0.2, 0) is 0 Å². The third kappa shape index (κ3) is 2.06. The predicted octanol–water partition coefficient (Wildman–Crippen LogP) is 4.39. The van der Waals surface area contributed by atoms with Crippen LogP contribution < -0.4 is 0 Å². The standard InChI is InChI=1S/C21H36O2/c1-13-11-14-12-15(22)5-8-19(14,2)16-6-9-20(3)17(18(13)16)7-10-21(20,4)23/h13-18,22-23H,5-12H2,1-4H3/t13-,14+,15-,16+,17+,18-,19+,20+,21+/m1/s1. The maximum absolute atomic E-state index is 11.0. The van der Waals surface area contributed by atoms with Crippen molar-refractivity contribution in [2.24, 2.45) is 40.4 Å². The van der Waals surface area contributed by atoms with E-state index in [-0.39, 0.29) is 11.5 Å². The van der Waals surface area contributed by atoms with Gasteiger partial charge in [0.1, 0.15) is 0 Å². The molecule has 0 amide bonds. The van der Waals surface area contributed by atoms with Crippen molar-refractivity contribution in [1.82, 2.24) is 0 Å². The highest BCUT2D eigenvalue weighted by Crippen LogP contribution is 2.69. The van der Waals surface area contributed by atoms with Crippen LogP contribution >= 0.6 is 0 Å². The third-order valence-corrected chi connectivity index (χ3v) is 9.56. The summed E-state index contributed by atoms with van der Waals surface area (Å²) < 4.78 is 0. The summed E-state index contributed by atoms with van der Waals surface area (Å²) in [6, 6.07) is 0. The van der Waals surface area contributed by atoms with Crippen LogP contribution in [0.15, 0.2) is 0 Å². The molecule has 0 unspecified atom stereocenters. The van der Waals surface area contributed by atoms with E-state index < -0.39 is 5.60 Å². The number of aliphatic hydroxyl groups excluding tert-OH is 1. The first kappa shape index (κ1) is 16.4. The maximum atomic E-state index is 11.0. The Kier molecular flexibility index (Phi) is 3.54. The Bertz CT molecular complexity index is 486. The van der Waals surface area contributed by atoms with Crippen LogP contribution in [0.25, 0.3) is 0 Å². The van der Waals surface area contributed by atoms with E-state index in [1.807, 2.05) is 0 Å². The van der Waals surface area contributed by atoms with Gasteiger partial charge in [-0.3, -0.25) is 0 Å². The van der Waals surface area contributed by atoms with Crippen molar-refractivity contribution in [3.05, 3.63) is 0 Å². The minimum absolute atomic E-state index is 0.0575. The minimum atomic E-state index is -0.469. The molecule has 0 aliphatic heterocycles. The summed E-state index contributed by atoms with van der Waals surface area (Å²) in [6.45, 7) is 9.49. The van der Waals surface area contributed by atoms with Gasteiger partial charge in [-0.05, 0) is 98.7 Å². The molecule has 132 valence electrons. The molecule has 2 heteroatoms. The molecular formula is C21H36O2. The first-order chi connectivity index (χ1) is 10.7. The number of rotatable bonds is 0. The lowest BCUT2D eigenvalue weighted by Gasteiger charge is -2.63. The summed E-state index contributed by atoms with van der Waals surface area (Å²) in [5.74, 6) is 3.78. The molecule has 2 nitrogen and oxygen atoms in total. The fourth-order valence-electron chi connectivity index (χ4n) is 7.86. The summed E-state index contributed by atoms with van der Waals surface area (Å²) >= 11 is 0. The summed E-state index contributed by atoms with van der Waals surface area (Å²) in [4.78, 5) is 0. The molecule has 0 spiro atoms. The Morgan fingerprint density at radius 1 is 0.870 bits per heavy atom. The lowest BCUT2D eigenvalue weighted by molar-refractivity contribution is -0.169. The molecule has 4 aliphatic rings. The van der Waals surface area contributed by atoms with Crippen molar-refractivity contribution in [1.29, 1.82) is 0 Å². The quantitative estimate of drug-likeness (QED) is 0.695. The van der Waals surface area contributed by atoms with Crippen LogP contribution in [0.4, 0.5) is 0 Å². The van der Waals surface area contributed by atoms with Gasteiger partial charge in [0.25, 0.3) is 0 Å². The van der Waals surface area contributed by atoms with Gasteiger partial charge in [-0.15, -0.1) is 0 Å². The second-order valence-corrected chi connectivity index (χ2v) is 10.4. The number of hydrogen-bond acceptors (Lipinski definition) is 2. The molecule has 4 rings (SSSR count). The van der Waals surface area contributed by atoms with Crippen molar-refractivity contribution in [3.8, 4) is 0 Å². The Hall–Kier alpha value is -0.0800. The van der Waals surface area contributed by atoms with Crippen LogP contribution in [0.1, 0.15) is 79.1 Å². The average Bonchev–Trinajstić information content (AvgIpc) is 2.72. The normalized spacial score (nSPS) is 62.3. The first-order valence-corrected chi connectivity index (χ1v) is 10.1. The van der Waals surface area contributed by atoms with Crippen LogP contribution in [-0.4, -0.2) is 21.9 Å². The predicted molar refractivity (Wildman–Crippen MR) is 92.9 cm³/mol. The van der Waals surface area contributed by atoms with Crippen molar-refractivity contribution in [2.45, 2.75) is 90.8 Å². The van der Waals surface area contributed by atoms with E-state index in [4.69, 9.17) is 0 Å². The van der Waals surface area contributed by atoms with Gasteiger partial charge in [0.05, 0.1) is 11.7 Å². The molecule has 0 bridgehead atoms. The van der Waals surface area contributed by atoms with E-state index in [1.54, 1.807) is 0 Å².